The Balaban J connectivity index is 2.83. The van der Waals surface area contributed by atoms with Crippen molar-refractivity contribution in [2.75, 3.05) is 0 Å². The Kier molecular flexibility index (Phi) is 5.83. The lowest BCUT2D eigenvalue weighted by Crippen LogP contribution is -1.85. The van der Waals surface area contributed by atoms with Gasteiger partial charge in [-0.2, -0.15) is 0 Å². The lowest BCUT2D eigenvalue weighted by atomic mass is 10.00. The molecule has 0 aliphatic carbocycles. The maximum Gasteiger partial charge on any atom is 0.0629 e. The lowest BCUT2D eigenvalue weighted by molar-refractivity contribution is 0.717. The predicted octanol–water partition coefficient (Wildman–Crippen LogP) is 5.45. The maximum atomic E-state index is 8.31. The van der Waals surface area contributed by atoms with Gasteiger partial charge in [-0.1, -0.05) is 68.6 Å². The molecular weight excluding hydrogens is 192 g/mol. The molecule has 0 fully saturated rings. The van der Waals surface area contributed by atoms with Gasteiger partial charge in [0.05, 0.1) is 1.37 Å². The molecule has 0 unspecified atom stereocenters. The van der Waals surface area contributed by atoms with Crippen LogP contribution in [0.1, 0.15) is 59.3 Å². The summed E-state index contributed by atoms with van der Waals surface area (Å²) >= 11 is 0. The van der Waals surface area contributed by atoms with Gasteiger partial charge in [0, 0.05) is 0 Å². The van der Waals surface area contributed by atoms with Crippen molar-refractivity contribution in [1.82, 2.24) is 0 Å². The summed E-state index contributed by atoms with van der Waals surface area (Å²) in [5.74, 6) is 0. The van der Waals surface area contributed by atoms with E-state index in [-0.39, 0.29) is 0 Å². The highest BCUT2D eigenvalue weighted by Gasteiger charge is 1.97. The molecular formula is C16H24. The zero-order valence-electron chi connectivity index (χ0n) is 11.6. The number of hydrogen-bond acceptors (Lipinski definition) is 0. The first-order valence-electron chi connectivity index (χ1n) is 7.03. The monoisotopic (exact) mass is 217 g/mol. The SMILES string of the molecule is [2H]C(=C(CCCC)CCCC)c1ccccc1. The highest BCUT2D eigenvalue weighted by molar-refractivity contribution is 5.52. The van der Waals surface area contributed by atoms with E-state index in [9.17, 15) is 0 Å². The second-order valence-corrected chi connectivity index (χ2v) is 4.30. The fourth-order valence-corrected chi connectivity index (χ4v) is 1.76. The molecule has 1 aromatic carbocycles. The zero-order valence-corrected chi connectivity index (χ0v) is 10.6. The van der Waals surface area contributed by atoms with Crippen molar-refractivity contribution in [2.45, 2.75) is 52.4 Å². The van der Waals surface area contributed by atoms with Crippen molar-refractivity contribution in [3.63, 3.8) is 0 Å². The molecule has 88 valence electrons. The number of unbranched alkanes of at least 4 members (excludes halogenated alkanes) is 2. The predicted molar refractivity (Wildman–Crippen MR) is 73.5 cm³/mol. The van der Waals surface area contributed by atoms with Crippen LogP contribution >= 0.6 is 0 Å². The smallest absolute Gasteiger partial charge is 0.0629 e. The molecule has 0 atom stereocenters. The fraction of sp³-hybridized carbons (Fsp3) is 0.500. The van der Waals surface area contributed by atoms with Gasteiger partial charge in [-0.25, -0.2) is 0 Å². The van der Waals surface area contributed by atoms with Crippen LogP contribution in [0.3, 0.4) is 0 Å². The molecule has 0 bridgehead atoms. The minimum atomic E-state index is 0.757. The Labute approximate surface area is 102 Å². The lowest BCUT2D eigenvalue weighted by Gasteiger charge is -2.06. The molecule has 0 aliphatic heterocycles. The Morgan fingerprint density at radius 1 is 1.06 bits per heavy atom. The van der Waals surface area contributed by atoms with Crippen molar-refractivity contribution in [1.29, 1.82) is 0 Å². The van der Waals surface area contributed by atoms with E-state index in [1.54, 1.807) is 0 Å². The molecule has 16 heavy (non-hydrogen) atoms. The van der Waals surface area contributed by atoms with Crippen LogP contribution in [-0.2, 0) is 0 Å². The van der Waals surface area contributed by atoms with Gasteiger partial charge in [0.15, 0.2) is 0 Å². The van der Waals surface area contributed by atoms with E-state index in [0.29, 0.717) is 0 Å². The van der Waals surface area contributed by atoms with Gasteiger partial charge >= 0.3 is 0 Å². The largest absolute Gasteiger partial charge is 0.0696 e. The third-order valence-corrected chi connectivity index (χ3v) is 2.76. The first-order valence-corrected chi connectivity index (χ1v) is 6.53. The van der Waals surface area contributed by atoms with Crippen LogP contribution in [-0.4, -0.2) is 0 Å². The van der Waals surface area contributed by atoms with Crippen LogP contribution in [0.25, 0.3) is 6.05 Å². The van der Waals surface area contributed by atoms with Gasteiger partial charge in [-0.05, 0) is 31.2 Å². The molecule has 0 aliphatic rings. The van der Waals surface area contributed by atoms with Gasteiger partial charge in [0.2, 0.25) is 0 Å². The van der Waals surface area contributed by atoms with Crippen molar-refractivity contribution in [3.8, 4) is 0 Å². The molecule has 0 nitrogen and oxygen atoms in total. The van der Waals surface area contributed by atoms with E-state index in [4.69, 9.17) is 1.37 Å². The molecule has 0 N–H and O–H groups in total. The van der Waals surface area contributed by atoms with Gasteiger partial charge in [0.1, 0.15) is 0 Å². The second kappa shape index (κ2) is 8.15. The van der Waals surface area contributed by atoms with Crippen LogP contribution in [0.15, 0.2) is 35.9 Å². The molecule has 0 aromatic heterocycles. The molecule has 0 heteroatoms. The summed E-state index contributed by atoms with van der Waals surface area (Å²) in [4.78, 5) is 0. The fourth-order valence-electron chi connectivity index (χ4n) is 1.76. The molecule has 0 saturated heterocycles. The van der Waals surface area contributed by atoms with Crippen molar-refractivity contribution in [3.05, 3.63) is 41.5 Å². The van der Waals surface area contributed by atoms with E-state index in [0.717, 1.165) is 24.5 Å². The molecule has 0 amide bonds. The minimum absolute atomic E-state index is 0.757. The van der Waals surface area contributed by atoms with Crippen molar-refractivity contribution >= 4 is 6.05 Å². The normalized spacial score (nSPS) is 11.0. The van der Waals surface area contributed by atoms with Gasteiger partial charge < -0.3 is 0 Å². The topological polar surface area (TPSA) is 0 Å². The molecule has 0 heterocycles. The Hall–Kier alpha value is -1.04. The molecule has 1 rings (SSSR count). The summed E-state index contributed by atoms with van der Waals surface area (Å²) in [6.07, 6.45) is 6.99. The van der Waals surface area contributed by atoms with E-state index in [1.165, 1.54) is 31.3 Å². The van der Waals surface area contributed by atoms with E-state index >= 15 is 0 Å². The van der Waals surface area contributed by atoms with Crippen molar-refractivity contribution in [2.24, 2.45) is 0 Å². The number of allylic oxidation sites excluding steroid dienone is 1. The maximum absolute atomic E-state index is 8.31. The zero-order chi connectivity index (χ0) is 12.5. The first kappa shape index (κ1) is 11.4. The highest BCUT2D eigenvalue weighted by Crippen LogP contribution is 2.18. The quantitative estimate of drug-likeness (QED) is 0.569. The Bertz CT molecular complexity index is 328. The summed E-state index contributed by atoms with van der Waals surface area (Å²) in [6, 6.07) is 10.9. The van der Waals surface area contributed by atoms with Gasteiger partial charge in [0.25, 0.3) is 0 Å². The summed E-state index contributed by atoms with van der Waals surface area (Å²) < 4.78 is 8.31. The van der Waals surface area contributed by atoms with Crippen LogP contribution in [0, 0.1) is 0 Å². The summed E-state index contributed by atoms with van der Waals surface area (Å²) in [5.41, 5.74) is 2.40. The molecule has 0 radical (unpaired) electrons. The first-order chi connectivity index (χ1) is 8.29. The minimum Gasteiger partial charge on any atom is -0.0696 e. The number of hydrogen-bond donors (Lipinski definition) is 0. The Morgan fingerprint density at radius 2 is 1.62 bits per heavy atom. The van der Waals surface area contributed by atoms with E-state index in [2.05, 4.69) is 13.8 Å². The van der Waals surface area contributed by atoms with Crippen molar-refractivity contribution < 1.29 is 1.37 Å². The Morgan fingerprint density at radius 3 is 2.12 bits per heavy atom. The third-order valence-electron chi connectivity index (χ3n) is 2.76. The number of benzene rings is 1. The second-order valence-electron chi connectivity index (χ2n) is 4.30. The molecule has 0 saturated carbocycles. The summed E-state index contributed by atoms with van der Waals surface area (Å²) in [7, 11) is 0. The number of rotatable bonds is 7. The average Bonchev–Trinajstić information content (AvgIpc) is 2.39. The summed E-state index contributed by atoms with van der Waals surface area (Å²) in [5, 5.41) is 0. The standard InChI is InChI=1S/C16H24/c1-3-5-10-15(11-6-4-2)14-16-12-8-7-9-13-16/h7-9,12-14H,3-6,10-11H2,1-2H3/i14D. The van der Waals surface area contributed by atoms with Gasteiger partial charge in [-0.15, -0.1) is 0 Å². The average molecular weight is 217 g/mol. The van der Waals surface area contributed by atoms with Crippen LogP contribution in [0.5, 0.6) is 0 Å². The van der Waals surface area contributed by atoms with Crippen LogP contribution in [0.2, 0.25) is 0 Å². The third kappa shape index (κ3) is 5.16. The molecule has 1 aromatic rings. The van der Waals surface area contributed by atoms with Gasteiger partial charge in [-0.3, -0.25) is 0 Å². The highest BCUT2D eigenvalue weighted by atomic mass is 14.0. The molecule has 0 spiro atoms. The van der Waals surface area contributed by atoms with Crippen LogP contribution in [0.4, 0.5) is 0 Å². The summed E-state index contributed by atoms with van der Waals surface area (Å²) in [6.45, 7) is 4.42. The van der Waals surface area contributed by atoms with E-state index in [1.807, 2.05) is 30.3 Å². The van der Waals surface area contributed by atoms with Crippen LogP contribution < -0.4 is 0 Å². The van der Waals surface area contributed by atoms with E-state index < -0.39 is 0 Å².